The summed E-state index contributed by atoms with van der Waals surface area (Å²) in [6.45, 7) is 3.15. The molecule has 5 heterocycles. The minimum Gasteiger partial charge on any atom is -0.492 e. The van der Waals surface area contributed by atoms with E-state index in [-0.39, 0.29) is 59.1 Å². The van der Waals surface area contributed by atoms with Crippen LogP contribution in [0.5, 0.6) is 5.75 Å². The summed E-state index contributed by atoms with van der Waals surface area (Å²) < 4.78 is 7.87. The third-order valence-electron chi connectivity index (χ3n) is 10.5. The van der Waals surface area contributed by atoms with Crippen LogP contribution < -0.4 is 20.9 Å². The first-order valence-electron chi connectivity index (χ1n) is 17.5. The topological polar surface area (TPSA) is 163 Å². The van der Waals surface area contributed by atoms with Crippen molar-refractivity contribution in [3.8, 4) is 5.75 Å². The van der Waals surface area contributed by atoms with Gasteiger partial charge in [0.15, 0.2) is 0 Å². The zero-order valence-electron chi connectivity index (χ0n) is 29.0. The largest absolute Gasteiger partial charge is 0.492 e. The van der Waals surface area contributed by atoms with Gasteiger partial charge in [-0.3, -0.25) is 39.0 Å². The van der Waals surface area contributed by atoms with E-state index in [0.717, 1.165) is 42.8 Å². The predicted molar refractivity (Wildman–Crippen MR) is 193 cm³/mol. The summed E-state index contributed by atoms with van der Waals surface area (Å²) in [6.07, 6.45) is 4.09. The number of likely N-dealkylation sites (tertiary alicyclic amines) is 2. The first-order valence-corrected chi connectivity index (χ1v) is 18.3. The second kappa shape index (κ2) is 14.6. The van der Waals surface area contributed by atoms with Gasteiger partial charge in [-0.05, 0) is 90.3 Å². The number of benzene rings is 2. The monoisotopic (exact) mass is 773 g/mol. The molecule has 0 bridgehead atoms. The molecule has 15 heteroatoms. The number of likely N-dealkylation sites (N-methyl/N-ethyl adjacent to an activating group) is 1. The van der Waals surface area contributed by atoms with Crippen molar-refractivity contribution < 1.29 is 28.7 Å². The Morgan fingerprint density at radius 2 is 1.73 bits per heavy atom. The maximum Gasteiger partial charge on any atom is 0.282 e. The highest BCUT2D eigenvalue weighted by molar-refractivity contribution is 9.10. The van der Waals surface area contributed by atoms with Gasteiger partial charge in [-0.1, -0.05) is 18.2 Å². The SMILES string of the molecule is CN1C[C@H](Nc2cnn(C)c(=O)c2Br)C[C@H](c2ccc(C(=O)N3CCC(COc4cccc5c4C(=O)N(C4CCC(=O)NC4=O)C5=O)CC3)cc2)C1. The lowest BCUT2D eigenvalue weighted by Gasteiger charge is -2.37. The number of piperidine rings is 3. The molecule has 2 N–H and O–H groups in total. The quantitative estimate of drug-likeness (QED) is 0.326. The molecule has 272 valence electrons. The van der Waals surface area contributed by atoms with Gasteiger partial charge in [0.2, 0.25) is 11.8 Å². The van der Waals surface area contributed by atoms with Crippen LogP contribution in [0, 0.1) is 5.92 Å². The molecule has 3 saturated heterocycles. The predicted octanol–water partition coefficient (Wildman–Crippen LogP) is 2.78. The number of ether oxygens (including phenoxy) is 1. The Bertz CT molecular complexity index is 1990. The highest BCUT2D eigenvalue weighted by atomic mass is 79.9. The molecule has 0 radical (unpaired) electrons. The van der Waals surface area contributed by atoms with Crippen molar-refractivity contribution in [3.05, 3.63) is 85.7 Å². The van der Waals surface area contributed by atoms with E-state index in [2.05, 4.69) is 43.6 Å². The van der Waals surface area contributed by atoms with Crippen LogP contribution in [0.4, 0.5) is 5.69 Å². The maximum absolute atomic E-state index is 13.5. The number of carbonyl (C=O) groups is 5. The highest BCUT2D eigenvalue weighted by Crippen LogP contribution is 2.35. The second-order valence-electron chi connectivity index (χ2n) is 14.1. The third-order valence-corrected chi connectivity index (χ3v) is 11.3. The Morgan fingerprint density at radius 3 is 2.46 bits per heavy atom. The summed E-state index contributed by atoms with van der Waals surface area (Å²) in [5.74, 6) is -1.61. The average molecular weight is 775 g/mol. The Labute approximate surface area is 308 Å². The van der Waals surface area contributed by atoms with Gasteiger partial charge >= 0.3 is 0 Å². The van der Waals surface area contributed by atoms with Gasteiger partial charge in [0.25, 0.3) is 23.3 Å². The normalized spacial score (nSPS) is 22.7. The van der Waals surface area contributed by atoms with E-state index >= 15 is 0 Å². The van der Waals surface area contributed by atoms with Crippen molar-refractivity contribution in [3.63, 3.8) is 0 Å². The van der Waals surface area contributed by atoms with Crippen molar-refractivity contribution >= 4 is 51.2 Å². The van der Waals surface area contributed by atoms with Gasteiger partial charge < -0.3 is 19.9 Å². The molecule has 14 nitrogen and oxygen atoms in total. The Hall–Kier alpha value is -4.89. The van der Waals surface area contributed by atoms with Crippen molar-refractivity contribution in [2.75, 3.05) is 45.2 Å². The zero-order valence-corrected chi connectivity index (χ0v) is 30.6. The number of fused-ring (bicyclic) bond motifs is 1. The van der Waals surface area contributed by atoms with E-state index in [0.29, 0.717) is 35.4 Å². The van der Waals surface area contributed by atoms with Gasteiger partial charge in [0, 0.05) is 51.3 Å². The smallest absolute Gasteiger partial charge is 0.282 e. The number of hydrogen-bond acceptors (Lipinski definition) is 10. The lowest BCUT2D eigenvalue weighted by atomic mass is 9.87. The maximum atomic E-state index is 13.5. The van der Waals surface area contributed by atoms with Crippen molar-refractivity contribution in [1.82, 2.24) is 29.8 Å². The summed E-state index contributed by atoms with van der Waals surface area (Å²) >= 11 is 3.41. The molecule has 3 atom stereocenters. The van der Waals surface area contributed by atoms with E-state index in [1.807, 2.05) is 29.2 Å². The van der Waals surface area contributed by atoms with Gasteiger partial charge in [0.05, 0.1) is 29.6 Å². The fourth-order valence-corrected chi connectivity index (χ4v) is 8.17. The lowest BCUT2D eigenvalue weighted by molar-refractivity contribution is -0.136. The Kier molecular flexibility index (Phi) is 9.98. The summed E-state index contributed by atoms with van der Waals surface area (Å²) in [5.41, 5.74) is 2.57. The number of nitrogens with one attached hydrogen (secondary N) is 2. The van der Waals surface area contributed by atoms with Gasteiger partial charge in [0.1, 0.15) is 16.3 Å². The first kappa shape index (κ1) is 35.5. The van der Waals surface area contributed by atoms with Crippen molar-refractivity contribution in [2.24, 2.45) is 13.0 Å². The molecule has 3 fully saturated rings. The average Bonchev–Trinajstić information content (AvgIpc) is 3.40. The fourth-order valence-electron chi connectivity index (χ4n) is 7.69. The van der Waals surface area contributed by atoms with E-state index in [1.54, 1.807) is 31.4 Å². The standard InChI is InChI=1S/C37H40BrN7O7/c1-42-18-24(16-25(19-42)40-27-17-39-43(2)37(51)32(27)38)22-6-8-23(9-7-22)34(48)44-14-12-21(13-15-44)20-52-29-5-3-4-26-31(29)36(50)45(35(26)49)28-10-11-30(46)41-33(28)47/h3-9,17,21,24-25,28,40H,10-16,18-20H2,1-2H3,(H,41,46,47)/t24-,25+,28?/m0/s1. The molecule has 1 unspecified atom stereocenters. The van der Waals surface area contributed by atoms with Gasteiger partial charge in [-0.15, -0.1) is 0 Å². The Balaban J connectivity index is 0.922. The number of hydrogen-bond donors (Lipinski definition) is 2. The number of imide groups is 2. The minimum absolute atomic E-state index is 0.0206. The lowest BCUT2D eigenvalue weighted by Crippen LogP contribution is -2.54. The summed E-state index contributed by atoms with van der Waals surface area (Å²) in [5, 5.41) is 9.84. The van der Waals surface area contributed by atoms with Gasteiger partial charge in [-0.25, -0.2) is 4.68 Å². The molecule has 4 aliphatic heterocycles. The molecule has 7 rings (SSSR count). The van der Waals surface area contributed by atoms with E-state index in [1.165, 1.54) is 4.68 Å². The summed E-state index contributed by atoms with van der Waals surface area (Å²) in [7, 11) is 3.69. The van der Waals surface area contributed by atoms with Crippen LogP contribution in [0.15, 0.2) is 57.9 Å². The number of carbonyl (C=O) groups excluding carboxylic acids is 5. The summed E-state index contributed by atoms with van der Waals surface area (Å²) in [4.78, 5) is 81.5. The molecule has 0 spiro atoms. The Morgan fingerprint density at radius 1 is 0.981 bits per heavy atom. The molecular formula is C37H40BrN7O7. The fraction of sp³-hybridized carbons (Fsp3) is 0.432. The number of amides is 5. The number of aryl methyl sites for hydroxylation is 1. The molecule has 2 aromatic carbocycles. The molecule has 4 aliphatic rings. The molecule has 1 aromatic heterocycles. The van der Waals surface area contributed by atoms with Crippen LogP contribution in [-0.2, 0) is 16.6 Å². The van der Waals surface area contributed by atoms with Crippen LogP contribution >= 0.6 is 15.9 Å². The minimum atomic E-state index is -1.04. The van der Waals surface area contributed by atoms with Gasteiger partial charge in [-0.2, -0.15) is 5.10 Å². The van der Waals surface area contributed by atoms with Crippen LogP contribution in [0.3, 0.4) is 0 Å². The molecule has 0 aliphatic carbocycles. The number of rotatable bonds is 8. The molecule has 0 saturated carbocycles. The first-order chi connectivity index (χ1) is 25.0. The highest BCUT2D eigenvalue weighted by Gasteiger charge is 2.46. The number of nitrogens with zero attached hydrogens (tertiary/aromatic N) is 5. The van der Waals surface area contributed by atoms with E-state index < -0.39 is 29.7 Å². The van der Waals surface area contributed by atoms with Crippen molar-refractivity contribution in [2.45, 2.75) is 50.1 Å². The van der Waals surface area contributed by atoms with Crippen LogP contribution in [-0.4, -0.2) is 106 Å². The van der Waals surface area contributed by atoms with E-state index in [4.69, 9.17) is 4.74 Å². The zero-order chi connectivity index (χ0) is 36.7. The third kappa shape index (κ3) is 6.98. The van der Waals surface area contributed by atoms with Crippen LogP contribution in [0.2, 0.25) is 0 Å². The van der Waals surface area contributed by atoms with E-state index in [9.17, 15) is 28.8 Å². The summed E-state index contributed by atoms with van der Waals surface area (Å²) in [6, 6.07) is 11.8. The second-order valence-corrected chi connectivity index (χ2v) is 14.9. The van der Waals surface area contributed by atoms with Crippen LogP contribution in [0.1, 0.15) is 74.7 Å². The number of halogens is 1. The number of aromatic nitrogens is 2. The van der Waals surface area contributed by atoms with Crippen molar-refractivity contribution in [1.29, 1.82) is 0 Å². The van der Waals surface area contributed by atoms with Crippen LogP contribution in [0.25, 0.3) is 0 Å². The number of anilines is 1. The molecular weight excluding hydrogens is 734 g/mol. The molecule has 3 aromatic rings. The molecule has 5 amide bonds. The molecule has 52 heavy (non-hydrogen) atoms.